The molecule has 98 valence electrons. The molecule has 0 aliphatic rings. The van der Waals surface area contributed by atoms with Crippen molar-refractivity contribution < 1.29 is 0 Å². The van der Waals surface area contributed by atoms with E-state index in [0.717, 1.165) is 25.0 Å². The molecule has 0 saturated carbocycles. The smallest absolute Gasteiger partial charge is 0.0883 e. The summed E-state index contributed by atoms with van der Waals surface area (Å²) in [5.41, 5.74) is 1.36. The fraction of sp³-hybridized carbons (Fsp3) is 0.857. The van der Waals surface area contributed by atoms with Crippen molar-refractivity contribution in [2.24, 2.45) is 0 Å². The quantitative estimate of drug-likeness (QED) is 0.751. The number of rotatable bonds is 6. The lowest BCUT2D eigenvalue weighted by molar-refractivity contribution is 0.259. The molecule has 0 fully saturated rings. The van der Waals surface area contributed by atoms with Gasteiger partial charge in [-0.05, 0) is 26.2 Å². The molecule has 0 spiro atoms. The third-order valence-corrected chi connectivity index (χ3v) is 4.14. The van der Waals surface area contributed by atoms with Gasteiger partial charge in [0.15, 0.2) is 0 Å². The van der Waals surface area contributed by atoms with Gasteiger partial charge in [0.1, 0.15) is 0 Å². The summed E-state index contributed by atoms with van der Waals surface area (Å²) in [7, 11) is 0. The third-order valence-electron chi connectivity index (χ3n) is 4.14. The summed E-state index contributed by atoms with van der Waals surface area (Å²) in [6, 6.07) is 0. The summed E-state index contributed by atoms with van der Waals surface area (Å²) >= 11 is 0. The maximum Gasteiger partial charge on any atom is 0.0883 e. The Morgan fingerprint density at radius 3 is 2.18 bits per heavy atom. The number of nitrogens with zero attached hydrogens (tertiary/aromatic N) is 3. The lowest BCUT2D eigenvalue weighted by Gasteiger charge is -2.27. The van der Waals surface area contributed by atoms with Gasteiger partial charge in [-0.15, -0.1) is 5.10 Å². The highest BCUT2D eigenvalue weighted by Crippen LogP contribution is 2.29. The van der Waals surface area contributed by atoms with Gasteiger partial charge in [0.05, 0.1) is 11.2 Å². The molecule has 1 rings (SSSR count). The molecule has 3 nitrogen and oxygen atoms in total. The van der Waals surface area contributed by atoms with Crippen LogP contribution in [-0.2, 0) is 11.0 Å². The second kappa shape index (κ2) is 5.19. The van der Waals surface area contributed by atoms with E-state index in [4.69, 9.17) is 0 Å². The summed E-state index contributed by atoms with van der Waals surface area (Å²) < 4.78 is 2.06. The number of aromatic nitrogens is 3. The van der Waals surface area contributed by atoms with Crippen LogP contribution in [0.2, 0.25) is 0 Å². The molecule has 17 heavy (non-hydrogen) atoms. The maximum absolute atomic E-state index is 4.38. The minimum atomic E-state index is 0.105. The third kappa shape index (κ3) is 2.88. The number of hydrogen-bond acceptors (Lipinski definition) is 2. The van der Waals surface area contributed by atoms with Crippen molar-refractivity contribution in [2.45, 2.75) is 78.2 Å². The second-order valence-corrected chi connectivity index (χ2v) is 5.89. The lowest BCUT2D eigenvalue weighted by Crippen LogP contribution is -2.29. The molecule has 0 saturated heterocycles. The molecule has 3 heteroatoms. The largest absolute Gasteiger partial charge is 0.246 e. The first-order chi connectivity index (χ1) is 7.89. The monoisotopic (exact) mass is 237 g/mol. The first-order valence-corrected chi connectivity index (χ1v) is 6.83. The Labute approximate surface area is 106 Å². The molecular formula is C14H27N3. The molecule has 0 N–H and O–H groups in total. The van der Waals surface area contributed by atoms with E-state index < -0.39 is 0 Å². The van der Waals surface area contributed by atoms with Crippen LogP contribution >= 0.6 is 0 Å². The van der Waals surface area contributed by atoms with Gasteiger partial charge < -0.3 is 0 Å². The Kier molecular flexibility index (Phi) is 4.34. The molecule has 0 unspecified atom stereocenters. The predicted octanol–water partition coefficient (Wildman–Crippen LogP) is 3.89. The molecule has 1 aromatic rings. The van der Waals surface area contributed by atoms with Gasteiger partial charge in [-0.25, -0.2) is 4.68 Å². The normalized spacial score (nSPS) is 13.1. The topological polar surface area (TPSA) is 30.7 Å². The van der Waals surface area contributed by atoms with Crippen LogP contribution in [0, 0.1) is 0 Å². The highest BCUT2D eigenvalue weighted by atomic mass is 15.4. The molecule has 0 bridgehead atoms. The van der Waals surface area contributed by atoms with E-state index in [1.54, 1.807) is 0 Å². The Hall–Kier alpha value is -0.860. The van der Waals surface area contributed by atoms with E-state index in [1.165, 1.54) is 6.42 Å². The molecule has 0 aliphatic carbocycles. The molecule has 0 atom stereocenters. The average Bonchev–Trinajstić information content (AvgIpc) is 2.78. The van der Waals surface area contributed by atoms with Crippen LogP contribution in [-0.4, -0.2) is 15.0 Å². The van der Waals surface area contributed by atoms with Crippen LogP contribution in [0.1, 0.15) is 72.9 Å². The second-order valence-electron chi connectivity index (χ2n) is 5.89. The van der Waals surface area contributed by atoms with E-state index in [1.807, 2.05) is 0 Å². The first-order valence-electron chi connectivity index (χ1n) is 6.83. The van der Waals surface area contributed by atoms with Crippen molar-refractivity contribution in [1.82, 2.24) is 15.0 Å². The SMILES string of the molecule is CCCC(C)(C)c1cn(C(C)(CC)CC)nn1. The van der Waals surface area contributed by atoms with E-state index in [9.17, 15) is 0 Å². The zero-order chi connectivity index (χ0) is 13.1. The van der Waals surface area contributed by atoms with Crippen molar-refractivity contribution in [3.8, 4) is 0 Å². The average molecular weight is 237 g/mol. The highest BCUT2D eigenvalue weighted by Gasteiger charge is 2.28. The summed E-state index contributed by atoms with van der Waals surface area (Å²) in [4.78, 5) is 0. The van der Waals surface area contributed by atoms with Crippen LogP contribution in [0.3, 0.4) is 0 Å². The minimum absolute atomic E-state index is 0.105. The van der Waals surface area contributed by atoms with E-state index in [0.29, 0.717) is 0 Å². The van der Waals surface area contributed by atoms with E-state index in [2.05, 4.69) is 62.7 Å². The fourth-order valence-corrected chi connectivity index (χ4v) is 2.16. The molecule has 1 heterocycles. The van der Waals surface area contributed by atoms with E-state index in [-0.39, 0.29) is 11.0 Å². The molecule has 0 radical (unpaired) electrons. The molecular weight excluding hydrogens is 210 g/mol. The predicted molar refractivity (Wildman–Crippen MR) is 72.2 cm³/mol. The summed E-state index contributed by atoms with van der Waals surface area (Å²) in [5, 5.41) is 8.73. The van der Waals surface area contributed by atoms with Crippen LogP contribution in [0.5, 0.6) is 0 Å². The van der Waals surface area contributed by atoms with Gasteiger partial charge in [0.25, 0.3) is 0 Å². The van der Waals surface area contributed by atoms with Gasteiger partial charge in [-0.1, -0.05) is 46.3 Å². The zero-order valence-corrected chi connectivity index (χ0v) is 12.2. The molecule has 0 amide bonds. The van der Waals surface area contributed by atoms with Gasteiger partial charge in [-0.3, -0.25) is 0 Å². The maximum atomic E-state index is 4.38. The summed E-state index contributed by atoms with van der Waals surface area (Å²) in [6.45, 7) is 13.4. The number of hydrogen-bond donors (Lipinski definition) is 0. The molecule has 1 aromatic heterocycles. The Morgan fingerprint density at radius 2 is 1.71 bits per heavy atom. The van der Waals surface area contributed by atoms with Crippen LogP contribution in [0.15, 0.2) is 6.20 Å². The Bertz CT molecular complexity index is 348. The van der Waals surface area contributed by atoms with Crippen LogP contribution in [0.4, 0.5) is 0 Å². The Balaban J connectivity index is 2.99. The zero-order valence-electron chi connectivity index (χ0n) is 12.2. The summed E-state index contributed by atoms with van der Waals surface area (Å²) in [5.74, 6) is 0. The minimum Gasteiger partial charge on any atom is -0.246 e. The van der Waals surface area contributed by atoms with Crippen molar-refractivity contribution in [3.63, 3.8) is 0 Å². The Morgan fingerprint density at radius 1 is 1.12 bits per heavy atom. The van der Waals surface area contributed by atoms with Gasteiger partial charge in [0.2, 0.25) is 0 Å². The first kappa shape index (κ1) is 14.2. The lowest BCUT2D eigenvalue weighted by atomic mass is 9.85. The molecule has 0 aliphatic heterocycles. The van der Waals surface area contributed by atoms with Crippen LogP contribution < -0.4 is 0 Å². The summed E-state index contributed by atoms with van der Waals surface area (Å²) in [6.07, 6.45) is 6.64. The standard InChI is InChI=1S/C14H27N3/c1-7-10-13(4,5)12-11-17(16-15-12)14(6,8-2)9-3/h11H,7-10H2,1-6H3. The van der Waals surface area contributed by atoms with Crippen molar-refractivity contribution >= 4 is 0 Å². The van der Waals surface area contributed by atoms with Crippen molar-refractivity contribution in [3.05, 3.63) is 11.9 Å². The van der Waals surface area contributed by atoms with Crippen molar-refractivity contribution in [1.29, 1.82) is 0 Å². The molecule has 0 aromatic carbocycles. The van der Waals surface area contributed by atoms with Gasteiger partial charge in [0, 0.05) is 11.6 Å². The van der Waals surface area contributed by atoms with Gasteiger partial charge in [-0.2, -0.15) is 0 Å². The van der Waals surface area contributed by atoms with Crippen LogP contribution in [0.25, 0.3) is 0 Å². The van der Waals surface area contributed by atoms with Gasteiger partial charge >= 0.3 is 0 Å². The fourth-order valence-electron chi connectivity index (χ4n) is 2.16. The van der Waals surface area contributed by atoms with Crippen molar-refractivity contribution in [2.75, 3.05) is 0 Å². The highest BCUT2D eigenvalue weighted by molar-refractivity contribution is 5.09. The van der Waals surface area contributed by atoms with E-state index >= 15 is 0 Å².